The Labute approximate surface area is 116 Å². The predicted octanol–water partition coefficient (Wildman–Crippen LogP) is 1.70. The summed E-state index contributed by atoms with van der Waals surface area (Å²) in [6.07, 6.45) is 3.43. The summed E-state index contributed by atoms with van der Waals surface area (Å²) < 4.78 is 1.62. The first-order chi connectivity index (χ1) is 9.60. The van der Waals surface area contributed by atoms with E-state index in [-0.39, 0.29) is 17.2 Å². The molecule has 2 N–H and O–H groups in total. The van der Waals surface area contributed by atoms with E-state index < -0.39 is 0 Å². The molecule has 106 valence electrons. The normalized spacial score (nSPS) is 10.5. The maximum Gasteiger partial charge on any atom is 0.272 e. The Morgan fingerprint density at radius 2 is 2.30 bits per heavy atom. The number of nitrogens with zero attached hydrogens (tertiary/aromatic N) is 3. The third-order valence-corrected chi connectivity index (χ3v) is 2.93. The molecule has 1 heterocycles. The lowest BCUT2D eigenvalue weighted by Crippen LogP contribution is -2.02. The maximum absolute atomic E-state index is 10.9. The van der Waals surface area contributed by atoms with Gasteiger partial charge in [0, 0.05) is 24.4 Å². The van der Waals surface area contributed by atoms with Gasteiger partial charge in [-0.25, -0.2) is 0 Å². The van der Waals surface area contributed by atoms with Crippen LogP contribution in [0.3, 0.4) is 0 Å². The number of nitro groups is 1. The van der Waals surface area contributed by atoms with Gasteiger partial charge in [-0.1, -0.05) is 12.1 Å². The molecule has 0 fully saturated rings. The van der Waals surface area contributed by atoms with E-state index in [0.717, 1.165) is 11.3 Å². The minimum Gasteiger partial charge on any atom is -0.394 e. The molecule has 1 aromatic heterocycles. The van der Waals surface area contributed by atoms with Crippen molar-refractivity contribution in [1.82, 2.24) is 9.78 Å². The number of nitrogens with one attached hydrogen (secondary N) is 1. The third-order valence-electron chi connectivity index (χ3n) is 2.93. The van der Waals surface area contributed by atoms with Gasteiger partial charge in [0.2, 0.25) is 0 Å². The monoisotopic (exact) mass is 276 g/mol. The summed E-state index contributed by atoms with van der Waals surface area (Å²) in [6, 6.07) is 5.16. The molecular weight excluding hydrogens is 260 g/mol. The molecule has 0 aliphatic rings. The van der Waals surface area contributed by atoms with E-state index in [1.807, 2.05) is 6.07 Å². The van der Waals surface area contributed by atoms with Crippen LogP contribution in [0.25, 0.3) is 0 Å². The first kappa shape index (κ1) is 14.0. The Morgan fingerprint density at radius 3 is 3.00 bits per heavy atom. The summed E-state index contributed by atoms with van der Waals surface area (Å²) in [7, 11) is 0. The van der Waals surface area contributed by atoms with Crippen molar-refractivity contribution < 1.29 is 10.0 Å². The number of hydrogen-bond donors (Lipinski definition) is 2. The maximum atomic E-state index is 10.9. The molecule has 0 unspecified atom stereocenters. The first-order valence-electron chi connectivity index (χ1n) is 6.21. The standard InChI is InChI=1S/C13H16N4O3/c1-10-2-3-11(6-13(10)17(19)20)7-14-12-8-15-16(9-12)4-5-18/h2-3,6,8-9,14,18H,4-5,7H2,1H3. The fourth-order valence-corrected chi connectivity index (χ4v) is 1.85. The molecule has 0 aliphatic heterocycles. The lowest BCUT2D eigenvalue weighted by atomic mass is 10.1. The van der Waals surface area contributed by atoms with Gasteiger partial charge in [-0.2, -0.15) is 5.10 Å². The average molecular weight is 276 g/mol. The molecule has 2 rings (SSSR count). The number of hydrogen-bond acceptors (Lipinski definition) is 5. The molecule has 7 heteroatoms. The average Bonchev–Trinajstić information content (AvgIpc) is 2.86. The topological polar surface area (TPSA) is 93.2 Å². The smallest absolute Gasteiger partial charge is 0.272 e. The molecule has 0 spiro atoms. The summed E-state index contributed by atoms with van der Waals surface area (Å²) in [5.41, 5.74) is 2.41. The molecule has 7 nitrogen and oxygen atoms in total. The van der Waals surface area contributed by atoms with Crippen molar-refractivity contribution >= 4 is 11.4 Å². The first-order valence-corrected chi connectivity index (χ1v) is 6.21. The highest BCUT2D eigenvalue weighted by atomic mass is 16.6. The van der Waals surface area contributed by atoms with Crippen molar-refractivity contribution in [2.75, 3.05) is 11.9 Å². The van der Waals surface area contributed by atoms with Gasteiger partial charge in [0.1, 0.15) is 0 Å². The lowest BCUT2D eigenvalue weighted by Gasteiger charge is -2.05. The largest absolute Gasteiger partial charge is 0.394 e. The molecular formula is C13H16N4O3. The number of aliphatic hydroxyl groups excluding tert-OH is 1. The molecule has 0 saturated carbocycles. The summed E-state index contributed by atoms with van der Waals surface area (Å²) in [4.78, 5) is 10.5. The van der Waals surface area contributed by atoms with E-state index in [1.165, 1.54) is 0 Å². The summed E-state index contributed by atoms with van der Waals surface area (Å²) in [5, 5.41) is 26.9. The van der Waals surface area contributed by atoms with Gasteiger partial charge in [-0.05, 0) is 12.5 Å². The van der Waals surface area contributed by atoms with E-state index in [0.29, 0.717) is 18.7 Å². The van der Waals surface area contributed by atoms with E-state index in [9.17, 15) is 10.1 Å². The zero-order valence-electron chi connectivity index (χ0n) is 11.1. The molecule has 0 atom stereocenters. The molecule has 0 saturated heterocycles. The van der Waals surface area contributed by atoms with Crippen molar-refractivity contribution in [3.63, 3.8) is 0 Å². The Balaban J connectivity index is 2.03. The van der Waals surface area contributed by atoms with Crippen molar-refractivity contribution in [2.24, 2.45) is 0 Å². The second kappa shape index (κ2) is 6.16. The number of aromatic nitrogens is 2. The second-order valence-corrected chi connectivity index (χ2v) is 4.45. The minimum absolute atomic E-state index is 0.0330. The van der Waals surface area contributed by atoms with Crippen molar-refractivity contribution in [3.05, 3.63) is 51.8 Å². The Kier molecular flexibility index (Phi) is 4.31. The predicted molar refractivity (Wildman–Crippen MR) is 74.5 cm³/mol. The van der Waals surface area contributed by atoms with E-state index in [1.54, 1.807) is 36.1 Å². The molecule has 0 aliphatic carbocycles. The van der Waals surface area contributed by atoms with E-state index in [4.69, 9.17) is 5.11 Å². The Bertz CT molecular complexity index is 609. The summed E-state index contributed by atoms with van der Waals surface area (Å²) in [5.74, 6) is 0. The van der Waals surface area contributed by atoms with Crippen LogP contribution in [0.4, 0.5) is 11.4 Å². The second-order valence-electron chi connectivity index (χ2n) is 4.45. The van der Waals surface area contributed by atoms with Crippen LogP contribution < -0.4 is 5.32 Å². The summed E-state index contributed by atoms with van der Waals surface area (Å²) in [6.45, 7) is 2.67. The van der Waals surface area contributed by atoms with Crippen LogP contribution in [0, 0.1) is 17.0 Å². The summed E-state index contributed by atoms with van der Waals surface area (Å²) >= 11 is 0. The van der Waals surface area contributed by atoms with Gasteiger partial charge in [0.15, 0.2) is 0 Å². The van der Waals surface area contributed by atoms with Gasteiger partial charge in [0.25, 0.3) is 5.69 Å². The number of anilines is 1. The molecule has 0 radical (unpaired) electrons. The number of aryl methyl sites for hydroxylation is 1. The molecule has 2 aromatic rings. The van der Waals surface area contributed by atoms with Gasteiger partial charge in [-0.3, -0.25) is 14.8 Å². The van der Waals surface area contributed by atoms with Gasteiger partial charge in [0.05, 0.1) is 30.0 Å². The van der Waals surface area contributed by atoms with Gasteiger partial charge >= 0.3 is 0 Å². The minimum atomic E-state index is -0.377. The van der Waals surface area contributed by atoms with Crippen LogP contribution in [-0.4, -0.2) is 26.4 Å². The van der Waals surface area contributed by atoms with Crippen LogP contribution >= 0.6 is 0 Å². The number of aliphatic hydroxyl groups is 1. The van der Waals surface area contributed by atoms with Crippen LogP contribution in [0.1, 0.15) is 11.1 Å². The van der Waals surface area contributed by atoms with Gasteiger partial charge < -0.3 is 10.4 Å². The molecule has 0 amide bonds. The highest BCUT2D eigenvalue weighted by Gasteiger charge is 2.10. The fourth-order valence-electron chi connectivity index (χ4n) is 1.85. The van der Waals surface area contributed by atoms with Crippen LogP contribution in [0.5, 0.6) is 0 Å². The fraction of sp³-hybridized carbons (Fsp3) is 0.308. The van der Waals surface area contributed by atoms with Crippen LogP contribution in [0.2, 0.25) is 0 Å². The van der Waals surface area contributed by atoms with Crippen molar-refractivity contribution in [1.29, 1.82) is 0 Å². The number of nitro benzene ring substituents is 1. The quantitative estimate of drug-likeness (QED) is 0.618. The molecule has 1 aromatic carbocycles. The van der Waals surface area contributed by atoms with Crippen LogP contribution in [-0.2, 0) is 13.1 Å². The van der Waals surface area contributed by atoms with Gasteiger partial charge in [-0.15, -0.1) is 0 Å². The van der Waals surface area contributed by atoms with Crippen molar-refractivity contribution in [2.45, 2.75) is 20.0 Å². The Morgan fingerprint density at radius 1 is 1.50 bits per heavy atom. The number of benzene rings is 1. The van der Waals surface area contributed by atoms with Crippen LogP contribution in [0.15, 0.2) is 30.6 Å². The molecule has 20 heavy (non-hydrogen) atoms. The number of rotatable bonds is 6. The Hall–Kier alpha value is -2.41. The highest BCUT2D eigenvalue weighted by molar-refractivity contribution is 5.45. The highest BCUT2D eigenvalue weighted by Crippen LogP contribution is 2.20. The van der Waals surface area contributed by atoms with E-state index in [2.05, 4.69) is 10.4 Å². The SMILES string of the molecule is Cc1ccc(CNc2cnn(CCO)c2)cc1[N+](=O)[O-]. The third kappa shape index (κ3) is 3.33. The zero-order chi connectivity index (χ0) is 14.5. The van der Waals surface area contributed by atoms with E-state index >= 15 is 0 Å². The lowest BCUT2D eigenvalue weighted by molar-refractivity contribution is -0.385. The van der Waals surface area contributed by atoms with Crippen molar-refractivity contribution in [3.8, 4) is 0 Å². The molecule has 0 bridgehead atoms. The zero-order valence-corrected chi connectivity index (χ0v) is 11.1.